The first-order chi connectivity index (χ1) is 8.65. The summed E-state index contributed by atoms with van der Waals surface area (Å²) in [5.74, 6) is 2.50. The van der Waals surface area contributed by atoms with E-state index in [9.17, 15) is 0 Å². The van der Waals surface area contributed by atoms with Crippen molar-refractivity contribution in [3.05, 3.63) is 41.0 Å². The number of nitrogens with zero attached hydrogens (tertiary/aromatic N) is 3. The van der Waals surface area contributed by atoms with Crippen LogP contribution in [0, 0.1) is 5.92 Å². The second kappa shape index (κ2) is 6.00. The highest BCUT2D eigenvalue weighted by Crippen LogP contribution is 2.13. The van der Waals surface area contributed by atoms with Crippen LogP contribution in [0.5, 0.6) is 0 Å². The van der Waals surface area contributed by atoms with Crippen molar-refractivity contribution in [2.24, 2.45) is 5.92 Å². The van der Waals surface area contributed by atoms with Gasteiger partial charge in [-0.2, -0.15) is 0 Å². The van der Waals surface area contributed by atoms with Crippen LogP contribution in [0.25, 0.3) is 0 Å². The number of hydrogen-bond donors (Lipinski definition) is 1. The first-order valence-corrected chi connectivity index (χ1v) is 6.80. The normalized spacial score (nSPS) is 10.9. The van der Waals surface area contributed by atoms with E-state index in [4.69, 9.17) is 0 Å². The molecule has 0 aliphatic rings. The summed E-state index contributed by atoms with van der Waals surface area (Å²) in [5, 5.41) is 3.28. The molecule has 2 heterocycles. The molecule has 0 saturated heterocycles. The predicted octanol–water partition coefficient (Wildman–Crippen LogP) is 3.31. The number of aromatic nitrogens is 3. The third-order valence-corrected chi connectivity index (χ3v) is 3.01. The summed E-state index contributed by atoms with van der Waals surface area (Å²) in [7, 11) is 0. The number of imidazole rings is 1. The first kappa shape index (κ1) is 13.1. The molecule has 4 nitrogen and oxygen atoms in total. The molecule has 0 aromatic carbocycles. The molecule has 96 valence electrons. The molecule has 0 amide bonds. The van der Waals surface area contributed by atoms with Gasteiger partial charge in [-0.1, -0.05) is 29.8 Å². The van der Waals surface area contributed by atoms with Crippen LogP contribution in [0.4, 0.5) is 5.82 Å². The summed E-state index contributed by atoms with van der Waals surface area (Å²) in [6.07, 6.45) is 5.63. The van der Waals surface area contributed by atoms with Gasteiger partial charge < -0.3 is 9.88 Å². The number of halogens is 1. The smallest absolute Gasteiger partial charge is 0.128 e. The van der Waals surface area contributed by atoms with Crippen LogP contribution in [-0.2, 0) is 13.1 Å². The molecule has 2 rings (SSSR count). The molecule has 0 spiro atoms. The molecule has 0 bridgehead atoms. The Balaban J connectivity index is 2.00. The van der Waals surface area contributed by atoms with Gasteiger partial charge in [-0.15, -0.1) is 0 Å². The first-order valence-electron chi connectivity index (χ1n) is 6.00. The van der Waals surface area contributed by atoms with Crippen LogP contribution in [-0.4, -0.2) is 14.5 Å². The monoisotopic (exact) mass is 308 g/mol. The number of rotatable bonds is 5. The van der Waals surface area contributed by atoms with E-state index in [1.165, 1.54) is 0 Å². The maximum atomic E-state index is 4.37. The second-order valence-electron chi connectivity index (χ2n) is 4.60. The maximum absolute atomic E-state index is 4.37. The highest BCUT2D eigenvalue weighted by atomic mass is 79.9. The van der Waals surface area contributed by atoms with E-state index in [0.29, 0.717) is 12.5 Å². The van der Waals surface area contributed by atoms with Crippen molar-refractivity contribution in [1.82, 2.24) is 14.5 Å². The van der Waals surface area contributed by atoms with Gasteiger partial charge in [0.1, 0.15) is 11.6 Å². The Morgan fingerprint density at radius 1 is 1.33 bits per heavy atom. The fourth-order valence-corrected chi connectivity index (χ4v) is 2.07. The van der Waals surface area contributed by atoms with E-state index in [1.807, 2.05) is 24.5 Å². The van der Waals surface area contributed by atoms with Crippen LogP contribution in [0.1, 0.15) is 19.7 Å². The van der Waals surface area contributed by atoms with Gasteiger partial charge >= 0.3 is 0 Å². The van der Waals surface area contributed by atoms with Gasteiger partial charge in [0.2, 0.25) is 0 Å². The summed E-state index contributed by atoms with van der Waals surface area (Å²) in [6.45, 7) is 6.08. The van der Waals surface area contributed by atoms with Crippen molar-refractivity contribution < 1.29 is 0 Å². The van der Waals surface area contributed by atoms with Gasteiger partial charge in [-0.3, -0.25) is 0 Å². The Morgan fingerprint density at radius 3 is 2.89 bits per heavy atom. The Morgan fingerprint density at radius 2 is 2.17 bits per heavy atom. The SMILES string of the molecule is CC(C)Cn1ccnc1CNc1cc(Br)ccn1. The minimum atomic E-state index is 0.613. The number of nitrogens with one attached hydrogen (secondary N) is 1. The molecule has 1 N–H and O–H groups in total. The van der Waals surface area contributed by atoms with Gasteiger partial charge in [0, 0.05) is 29.6 Å². The molecule has 0 radical (unpaired) electrons. The Hall–Kier alpha value is -1.36. The molecule has 0 unspecified atom stereocenters. The summed E-state index contributed by atoms with van der Waals surface area (Å²) >= 11 is 3.43. The molecule has 5 heteroatoms. The zero-order chi connectivity index (χ0) is 13.0. The van der Waals surface area contributed by atoms with Gasteiger partial charge in [0.15, 0.2) is 0 Å². The van der Waals surface area contributed by atoms with Crippen molar-refractivity contribution in [2.45, 2.75) is 26.9 Å². The van der Waals surface area contributed by atoms with Gasteiger partial charge in [0.05, 0.1) is 6.54 Å². The number of pyridine rings is 1. The Kier molecular flexibility index (Phi) is 4.36. The van der Waals surface area contributed by atoms with Crippen molar-refractivity contribution in [1.29, 1.82) is 0 Å². The molecule has 0 aliphatic carbocycles. The standard InChI is InChI=1S/C13H17BrN4/c1-10(2)9-18-6-5-16-13(18)8-17-12-7-11(14)3-4-15-12/h3-7,10H,8-9H2,1-2H3,(H,15,17). The van der Waals surface area contributed by atoms with E-state index in [2.05, 4.69) is 49.6 Å². The molecule has 2 aromatic rings. The zero-order valence-corrected chi connectivity index (χ0v) is 12.2. The minimum absolute atomic E-state index is 0.613. The lowest BCUT2D eigenvalue weighted by atomic mass is 10.2. The van der Waals surface area contributed by atoms with Gasteiger partial charge in [0.25, 0.3) is 0 Å². The highest BCUT2D eigenvalue weighted by molar-refractivity contribution is 9.10. The third-order valence-electron chi connectivity index (χ3n) is 2.51. The van der Waals surface area contributed by atoms with Gasteiger partial charge in [-0.25, -0.2) is 9.97 Å². The van der Waals surface area contributed by atoms with Crippen LogP contribution < -0.4 is 5.32 Å². The lowest BCUT2D eigenvalue weighted by Crippen LogP contribution is -2.11. The van der Waals surface area contributed by atoms with E-state index in [1.54, 1.807) is 6.20 Å². The summed E-state index contributed by atoms with van der Waals surface area (Å²) in [6, 6.07) is 3.86. The van der Waals surface area contributed by atoms with E-state index in [0.717, 1.165) is 22.7 Å². The van der Waals surface area contributed by atoms with Crippen LogP contribution in [0.2, 0.25) is 0 Å². The summed E-state index contributed by atoms with van der Waals surface area (Å²) in [5.41, 5.74) is 0. The molecule has 0 fully saturated rings. The molecular formula is C13H17BrN4. The van der Waals surface area contributed by atoms with E-state index >= 15 is 0 Å². The highest BCUT2D eigenvalue weighted by Gasteiger charge is 2.04. The quantitative estimate of drug-likeness (QED) is 0.921. The topological polar surface area (TPSA) is 42.7 Å². The van der Waals surface area contributed by atoms with Crippen LogP contribution in [0.15, 0.2) is 35.2 Å². The number of hydrogen-bond acceptors (Lipinski definition) is 3. The second-order valence-corrected chi connectivity index (χ2v) is 5.52. The molecule has 18 heavy (non-hydrogen) atoms. The average molecular weight is 309 g/mol. The van der Waals surface area contributed by atoms with Crippen LogP contribution >= 0.6 is 15.9 Å². The molecule has 0 atom stereocenters. The van der Waals surface area contributed by atoms with Crippen molar-refractivity contribution in [2.75, 3.05) is 5.32 Å². The fraction of sp³-hybridized carbons (Fsp3) is 0.385. The van der Waals surface area contributed by atoms with Crippen molar-refractivity contribution >= 4 is 21.7 Å². The average Bonchev–Trinajstić information content (AvgIpc) is 2.73. The van der Waals surface area contributed by atoms with E-state index < -0.39 is 0 Å². The molecular weight excluding hydrogens is 292 g/mol. The third kappa shape index (κ3) is 3.57. The molecule has 0 aliphatic heterocycles. The molecule has 2 aromatic heterocycles. The Bertz CT molecular complexity index is 507. The lowest BCUT2D eigenvalue weighted by Gasteiger charge is -2.11. The van der Waals surface area contributed by atoms with Crippen molar-refractivity contribution in [3.63, 3.8) is 0 Å². The lowest BCUT2D eigenvalue weighted by molar-refractivity contribution is 0.509. The number of anilines is 1. The Labute approximate surface area is 116 Å². The predicted molar refractivity (Wildman–Crippen MR) is 76.3 cm³/mol. The fourth-order valence-electron chi connectivity index (χ4n) is 1.74. The largest absolute Gasteiger partial charge is 0.363 e. The minimum Gasteiger partial charge on any atom is -0.363 e. The van der Waals surface area contributed by atoms with Crippen LogP contribution in [0.3, 0.4) is 0 Å². The van der Waals surface area contributed by atoms with Crippen molar-refractivity contribution in [3.8, 4) is 0 Å². The zero-order valence-electron chi connectivity index (χ0n) is 10.6. The summed E-state index contributed by atoms with van der Waals surface area (Å²) in [4.78, 5) is 8.62. The summed E-state index contributed by atoms with van der Waals surface area (Å²) < 4.78 is 3.20. The van der Waals surface area contributed by atoms with E-state index in [-0.39, 0.29) is 0 Å². The maximum Gasteiger partial charge on any atom is 0.128 e. The molecule has 0 saturated carbocycles. The van der Waals surface area contributed by atoms with Gasteiger partial charge in [-0.05, 0) is 18.1 Å².